The molecule has 21 heavy (non-hydrogen) atoms. The van der Waals surface area contributed by atoms with Gasteiger partial charge in [-0.1, -0.05) is 5.16 Å². The maximum atomic E-state index is 12.1. The zero-order valence-electron chi connectivity index (χ0n) is 10.9. The average molecular weight is 393 g/mol. The number of rotatable bonds is 5. The van der Waals surface area contributed by atoms with E-state index in [0.717, 1.165) is 34.4 Å². The van der Waals surface area contributed by atoms with Crippen molar-refractivity contribution in [3.05, 3.63) is 27.6 Å². The molecule has 7 nitrogen and oxygen atoms in total. The maximum absolute atomic E-state index is 12.1. The number of thiophene rings is 1. The van der Waals surface area contributed by atoms with Crippen molar-refractivity contribution in [2.24, 2.45) is 5.73 Å². The van der Waals surface area contributed by atoms with Crippen LogP contribution in [0.15, 0.2) is 24.7 Å². The number of nitrogens with one attached hydrogen (secondary N) is 1. The molecule has 0 radical (unpaired) electrons. The molecular formula is C11H13BrN4O3S2. The van der Waals surface area contributed by atoms with Crippen LogP contribution in [0.5, 0.6) is 0 Å². The summed E-state index contributed by atoms with van der Waals surface area (Å²) in [6.07, 6.45) is 2.68. The Labute approximate surface area is 134 Å². The molecular weight excluding hydrogens is 380 g/mol. The minimum atomic E-state index is -3.58. The SMILES string of the molecule is NC1(c2noc(CNS(=O)(=O)c3ccc(Br)s3)n2)CCC1. The molecule has 1 aliphatic carbocycles. The smallest absolute Gasteiger partial charge is 0.250 e. The lowest BCUT2D eigenvalue weighted by molar-refractivity contribution is 0.229. The summed E-state index contributed by atoms with van der Waals surface area (Å²) < 4.78 is 32.6. The molecule has 0 atom stereocenters. The Kier molecular flexibility index (Phi) is 3.91. The van der Waals surface area contributed by atoms with Crippen molar-refractivity contribution in [3.63, 3.8) is 0 Å². The lowest BCUT2D eigenvalue weighted by Gasteiger charge is -2.34. The van der Waals surface area contributed by atoms with E-state index < -0.39 is 15.6 Å². The van der Waals surface area contributed by atoms with E-state index in [0.29, 0.717) is 5.82 Å². The predicted molar refractivity (Wildman–Crippen MR) is 80.1 cm³/mol. The third-order valence-electron chi connectivity index (χ3n) is 3.39. The fraction of sp³-hybridized carbons (Fsp3) is 0.455. The van der Waals surface area contributed by atoms with Gasteiger partial charge in [0.1, 0.15) is 4.21 Å². The molecule has 0 saturated heterocycles. The molecule has 2 aromatic rings. The van der Waals surface area contributed by atoms with Crippen molar-refractivity contribution in [1.29, 1.82) is 0 Å². The summed E-state index contributed by atoms with van der Waals surface area (Å²) in [5.74, 6) is 0.655. The summed E-state index contributed by atoms with van der Waals surface area (Å²) in [6.45, 7) is -0.0546. The van der Waals surface area contributed by atoms with Gasteiger partial charge in [0.25, 0.3) is 10.0 Å². The second-order valence-electron chi connectivity index (χ2n) is 4.90. The quantitative estimate of drug-likeness (QED) is 0.800. The van der Waals surface area contributed by atoms with E-state index in [4.69, 9.17) is 10.3 Å². The first kappa shape index (κ1) is 15.1. The number of aromatic nitrogens is 2. The molecule has 3 N–H and O–H groups in total. The highest BCUT2D eigenvalue weighted by molar-refractivity contribution is 9.11. The van der Waals surface area contributed by atoms with Crippen LogP contribution in [-0.2, 0) is 22.1 Å². The molecule has 0 aliphatic heterocycles. The third kappa shape index (κ3) is 3.04. The summed E-state index contributed by atoms with van der Waals surface area (Å²) in [7, 11) is -3.58. The molecule has 1 aliphatic rings. The van der Waals surface area contributed by atoms with Crippen molar-refractivity contribution in [3.8, 4) is 0 Å². The normalized spacial score (nSPS) is 17.6. The van der Waals surface area contributed by atoms with Crippen molar-refractivity contribution < 1.29 is 12.9 Å². The van der Waals surface area contributed by atoms with Gasteiger partial charge in [0.15, 0.2) is 5.82 Å². The topological polar surface area (TPSA) is 111 Å². The van der Waals surface area contributed by atoms with Gasteiger partial charge in [0, 0.05) is 0 Å². The van der Waals surface area contributed by atoms with Gasteiger partial charge >= 0.3 is 0 Å². The fourth-order valence-electron chi connectivity index (χ4n) is 1.98. The summed E-state index contributed by atoms with van der Waals surface area (Å²) in [5.41, 5.74) is 5.57. The van der Waals surface area contributed by atoms with Crippen LogP contribution in [0.1, 0.15) is 31.0 Å². The van der Waals surface area contributed by atoms with Gasteiger partial charge in [-0.15, -0.1) is 11.3 Å². The molecule has 0 unspecified atom stereocenters. The van der Waals surface area contributed by atoms with E-state index in [1.807, 2.05) is 0 Å². The summed E-state index contributed by atoms with van der Waals surface area (Å²) in [6, 6.07) is 3.21. The second-order valence-corrected chi connectivity index (χ2v) is 9.36. The predicted octanol–water partition coefficient (Wildman–Crippen LogP) is 1.71. The van der Waals surface area contributed by atoms with Gasteiger partial charge in [-0.2, -0.15) is 4.98 Å². The molecule has 2 heterocycles. The lowest BCUT2D eigenvalue weighted by atomic mass is 9.77. The molecule has 10 heteroatoms. The van der Waals surface area contributed by atoms with Gasteiger partial charge in [-0.25, -0.2) is 13.1 Å². The summed E-state index contributed by atoms with van der Waals surface area (Å²) >= 11 is 4.36. The van der Waals surface area contributed by atoms with Crippen LogP contribution in [0.4, 0.5) is 0 Å². The van der Waals surface area contributed by atoms with E-state index >= 15 is 0 Å². The Hall–Kier alpha value is -0.810. The summed E-state index contributed by atoms with van der Waals surface area (Å²) in [5, 5.41) is 3.84. The van der Waals surface area contributed by atoms with Crippen LogP contribution in [-0.4, -0.2) is 18.6 Å². The van der Waals surface area contributed by atoms with Crippen LogP contribution in [0.3, 0.4) is 0 Å². The minimum absolute atomic E-state index is 0.0546. The van der Waals surface area contributed by atoms with Crippen LogP contribution in [0.2, 0.25) is 0 Å². The third-order valence-corrected chi connectivity index (χ3v) is 6.90. The summed E-state index contributed by atoms with van der Waals surface area (Å²) in [4.78, 5) is 4.17. The second kappa shape index (κ2) is 5.43. The Morgan fingerprint density at radius 2 is 2.24 bits per heavy atom. The van der Waals surface area contributed by atoms with Crippen LogP contribution >= 0.6 is 27.3 Å². The number of hydrogen-bond acceptors (Lipinski definition) is 7. The monoisotopic (exact) mass is 392 g/mol. The van der Waals surface area contributed by atoms with Crippen molar-refractivity contribution in [2.75, 3.05) is 0 Å². The Balaban J connectivity index is 1.68. The van der Waals surface area contributed by atoms with Gasteiger partial charge in [0.05, 0.1) is 15.9 Å². The molecule has 2 aromatic heterocycles. The molecule has 1 fully saturated rings. The van der Waals surface area contributed by atoms with E-state index in [-0.39, 0.29) is 16.6 Å². The molecule has 0 bridgehead atoms. The molecule has 0 amide bonds. The first-order chi connectivity index (χ1) is 9.89. The number of halogens is 1. The standard InChI is InChI=1S/C11H13BrN4O3S2/c12-7-2-3-9(20-7)21(17,18)14-6-8-15-10(16-19-8)11(13)4-1-5-11/h2-3,14H,1,4-6,13H2. The minimum Gasteiger partial charge on any atom is -0.338 e. The van der Waals surface area contributed by atoms with Gasteiger partial charge in [0.2, 0.25) is 5.89 Å². The van der Waals surface area contributed by atoms with Gasteiger partial charge < -0.3 is 10.3 Å². The Morgan fingerprint density at radius 3 is 2.81 bits per heavy atom. The highest BCUT2D eigenvalue weighted by Gasteiger charge is 2.39. The fourth-order valence-corrected chi connectivity index (χ4v) is 5.01. The highest BCUT2D eigenvalue weighted by Crippen LogP contribution is 2.36. The zero-order chi connectivity index (χ0) is 15.1. The van der Waals surface area contributed by atoms with E-state index in [9.17, 15) is 8.42 Å². The zero-order valence-corrected chi connectivity index (χ0v) is 14.1. The first-order valence-electron chi connectivity index (χ1n) is 6.26. The van der Waals surface area contributed by atoms with Gasteiger partial charge in [-0.05, 0) is 47.3 Å². The number of sulfonamides is 1. The molecule has 0 spiro atoms. The van der Waals surface area contributed by atoms with Crippen molar-refractivity contribution >= 4 is 37.3 Å². The number of nitrogens with two attached hydrogens (primary N) is 1. The van der Waals surface area contributed by atoms with Crippen molar-refractivity contribution in [2.45, 2.75) is 35.6 Å². The molecule has 1 saturated carbocycles. The van der Waals surface area contributed by atoms with E-state index in [1.54, 1.807) is 6.07 Å². The van der Waals surface area contributed by atoms with Gasteiger partial charge in [-0.3, -0.25) is 0 Å². The van der Waals surface area contributed by atoms with E-state index in [2.05, 4.69) is 30.8 Å². The van der Waals surface area contributed by atoms with Crippen LogP contribution in [0, 0.1) is 0 Å². The molecule has 3 rings (SSSR count). The lowest BCUT2D eigenvalue weighted by Crippen LogP contribution is -2.44. The first-order valence-corrected chi connectivity index (χ1v) is 9.35. The number of nitrogens with zero attached hydrogens (tertiary/aromatic N) is 2. The van der Waals surface area contributed by atoms with Crippen LogP contribution < -0.4 is 10.5 Å². The highest BCUT2D eigenvalue weighted by atomic mass is 79.9. The van der Waals surface area contributed by atoms with Crippen LogP contribution in [0.25, 0.3) is 0 Å². The molecule has 0 aromatic carbocycles. The largest absolute Gasteiger partial charge is 0.338 e. The molecule has 114 valence electrons. The van der Waals surface area contributed by atoms with Crippen molar-refractivity contribution in [1.82, 2.24) is 14.9 Å². The number of hydrogen-bond donors (Lipinski definition) is 2. The Bertz CT molecular complexity index is 751. The Morgan fingerprint density at radius 1 is 1.48 bits per heavy atom. The maximum Gasteiger partial charge on any atom is 0.250 e. The van der Waals surface area contributed by atoms with E-state index in [1.165, 1.54) is 6.07 Å². The average Bonchev–Trinajstić information content (AvgIpc) is 3.03.